The minimum absolute atomic E-state index is 0.0653. The zero-order valence-electron chi connectivity index (χ0n) is 28.6. The maximum absolute atomic E-state index is 14.3. The fourth-order valence-corrected chi connectivity index (χ4v) is 12.2. The van der Waals surface area contributed by atoms with Crippen molar-refractivity contribution in [2.75, 3.05) is 19.2 Å². The molecule has 0 radical (unpaired) electrons. The Hall–Kier alpha value is -5.97. The van der Waals surface area contributed by atoms with Crippen molar-refractivity contribution in [2.24, 2.45) is 0 Å². The molecule has 288 valence electrons. The number of rotatable bonds is 6. The number of hydrogen-bond acceptors (Lipinski definition) is 11. The van der Waals surface area contributed by atoms with E-state index < -0.39 is 88.8 Å². The van der Waals surface area contributed by atoms with E-state index in [1.807, 2.05) is 0 Å². The molecule has 2 aliphatic heterocycles. The molecule has 56 heavy (non-hydrogen) atoms. The highest BCUT2D eigenvalue weighted by Crippen LogP contribution is 2.56. The van der Waals surface area contributed by atoms with Gasteiger partial charge >= 0.3 is 6.03 Å². The van der Waals surface area contributed by atoms with Crippen LogP contribution in [0.3, 0.4) is 0 Å². The van der Waals surface area contributed by atoms with Crippen molar-refractivity contribution in [3.05, 3.63) is 96.1 Å². The summed E-state index contributed by atoms with van der Waals surface area (Å²) in [6.45, 7) is 2.84. The average molecular weight is 839 g/mol. The summed E-state index contributed by atoms with van der Waals surface area (Å²) in [6.07, 6.45) is 0. The topological polar surface area (TPSA) is 265 Å². The summed E-state index contributed by atoms with van der Waals surface area (Å²) in [5, 5.41) is 27.8. The van der Waals surface area contributed by atoms with E-state index in [4.69, 9.17) is 0 Å². The van der Waals surface area contributed by atoms with Crippen LogP contribution in [0.25, 0.3) is 21.5 Å². The number of carbonyl (C=O) groups excluding carboxylic acids is 1. The number of phenols is 2. The molecular formula is C35H26N4O13S4. The first-order valence-corrected chi connectivity index (χ1v) is 21.8. The normalized spacial score (nSPS) is 15.4. The highest BCUT2D eigenvalue weighted by molar-refractivity contribution is 7.94. The quantitative estimate of drug-likeness (QED) is 0.108. The molecule has 0 spiro atoms. The summed E-state index contributed by atoms with van der Waals surface area (Å²) in [7, 11) is -19.6. The number of nitrogens with zero attached hydrogens (tertiary/aromatic N) is 2. The molecule has 2 amide bonds. The predicted molar refractivity (Wildman–Crippen MR) is 205 cm³/mol. The summed E-state index contributed by atoms with van der Waals surface area (Å²) in [6, 6.07) is 17.9. The zero-order valence-corrected chi connectivity index (χ0v) is 31.8. The minimum atomic E-state index is -5.09. The maximum Gasteiger partial charge on any atom is 0.323 e. The molecule has 0 saturated heterocycles. The summed E-state index contributed by atoms with van der Waals surface area (Å²) in [5.41, 5.74) is -2.00. The van der Waals surface area contributed by atoms with Crippen molar-refractivity contribution in [2.45, 2.75) is 33.4 Å². The number of urea groups is 1. The molecule has 6 N–H and O–H groups in total. The number of aryl methyl sites for hydroxylation is 2. The predicted octanol–water partition coefficient (Wildman–Crippen LogP) is 5.84. The third-order valence-electron chi connectivity index (χ3n) is 9.46. The molecule has 2 aliphatic rings. The van der Waals surface area contributed by atoms with Crippen LogP contribution >= 0.6 is 0 Å². The monoisotopic (exact) mass is 838 g/mol. The molecule has 0 aliphatic carbocycles. The van der Waals surface area contributed by atoms with Crippen LogP contribution in [0.2, 0.25) is 0 Å². The number of nitrogens with one attached hydrogen (secondary N) is 2. The lowest BCUT2D eigenvalue weighted by atomic mass is 10.1. The van der Waals surface area contributed by atoms with Gasteiger partial charge in [-0.1, -0.05) is 60.7 Å². The van der Waals surface area contributed by atoms with Crippen molar-refractivity contribution < 1.29 is 57.8 Å². The van der Waals surface area contributed by atoms with Gasteiger partial charge in [0, 0.05) is 10.8 Å². The highest BCUT2D eigenvalue weighted by atomic mass is 32.2. The minimum Gasteiger partial charge on any atom is -0.504 e. The van der Waals surface area contributed by atoms with E-state index in [1.54, 1.807) is 0 Å². The van der Waals surface area contributed by atoms with Gasteiger partial charge in [0.25, 0.3) is 40.3 Å². The number of anilines is 6. The second-order valence-corrected chi connectivity index (χ2v) is 19.1. The smallest absolute Gasteiger partial charge is 0.323 e. The SMILES string of the molecule is Cc1ccc2c(NC(=O)Nc3c4ccc(C)c3S(=O)(=O)N4c3c(O)c(S(=O)(=O)O)cc4ccccc34)c1S(=O)(=O)N2c1c(O)c(S(=O)(=O)O)cc2ccccc12. The van der Waals surface area contributed by atoms with E-state index >= 15 is 0 Å². The van der Waals surface area contributed by atoms with E-state index in [9.17, 15) is 57.8 Å². The fourth-order valence-electron chi connectivity index (χ4n) is 7.17. The van der Waals surface area contributed by atoms with E-state index in [2.05, 4.69) is 10.6 Å². The molecule has 21 heteroatoms. The van der Waals surface area contributed by atoms with Crippen LogP contribution in [0, 0.1) is 13.8 Å². The Labute approximate surface area is 318 Å². The van der Waals surface area contributed by atoms with Crippen molar-refractivity contribution >= 4 is 102 Å². The number of aromatic hydroxyl groups is 2. The van der Waals surface area contributed by atoms with Crippen molar-refractivity contribution in [3.63, 3.8) is 0 Å². The molecular weight excluding hydrogens is 813 g/mol. The Morgan fingerprint density at radius 3 is 1.30 bits per heavy atom. The van der Waals surface area contributed by atoms with Crippen LogP contribution in [0.4, 0.5) is 38.9 Å². The van der Waals surface area contributed by atoms with Gasteiger partial charge in [0.15, 0.2) is 11.5 Å². The van der Waals surface area contributed by atoms with Crippen molar-refractivity contribution in [3.8, 4) is 11.5 Å². The van der Waals surface area contributed by atoms with Crippen molar-refractivity contribution in [1.29, 1.82) is 0 Å². The number of benzene rings is 6. The molecule has 2 heterocycles. The molecule has 8 rings (SSSR count). The Balaban J connectivity index is 1.26. The van der Waals surface area contributed by atoms with E-state index in [0.717, 1.165) is 12.1 Å². The number of amides is 2. The van der Waals surface area contributed by atoms with E-state index in [0.29, 0.717) is 8.61 Å². The first-order valence-electron chi connectivity index (χ1n) is 16.1. The van der Waals surface area contributed by atoms with Gasteiger partial charge in [0.1, 0.15) is 31.0 Å². The second-order valence-electron chi connectivity index (χ2n) is 12.9. The third kappa shape index (κ3) is 5.27. The van der Waals surface area contributed by atoms with Gasteiger partial charge in [-0.05, 0) is 60.0 Å². The Kier molecular flexibility index (Phi) is 7.93. The molecule has 0 fully saturated rings. The molecule has 17 nitrogen and oxygen atoms in total. The number of fused-ring (bicyclic) bond motifs is 6. The van der Waals surface area contributed by atoms with Gasteiger partial charge in [-0.3, -0.25) is 9.11 Å². The standard InChI is InChI=1S/C35H26N4O13S4/c1-17-11-13-23-27(33(17)53(43,44)38(23)29-21-9-5-3-7-19(21)15-25(31(29)40)55(47,48)49)36-35(42)37-28-24-14-12-18(2)34(28)54(45,46)39(24)30-22-10-6-4-8-20(22)16-26(32(30)41)56(50,51)52/h3-16,40-41H,1-2H3,(H2,36,37,42)(H,47,48,49)(H,50,51,52). The van der Waals surface area contributed by atoms with Gasteiger partial charge in [-0.15, -0.1) is 0 Å². The molecule has 0 aromatic heterocycles. The van der Waals surface area contributed by atoms with E-state index in [1.165, 1.54) is 86.6 Å². The van der Waals surface area contributed by atoms with Crippen LogP contribution in [-0.2, 0) is 40.3 Å². The molecule has 6 aromatic carbocycles. The summed E-state index contributed by atoms with van der Waals surface area (Å²) in [4.78, 5) is 11.1. The van der Waals surface area contributed by atoms with Crippen LogP contribution < -0.4 is 19.2 Å². The number of hydrogen-bond donors (Lipinski definition) is 6. The van der Waals surface area contributed by atoms with Gasteiger partial charge < -0.3 is 20.8 Å². The first kappa shape index (κ1) is 37.0. The number of carbonyl (C=O) groups is 1. The van der Waals surface area contributed by atoms with Crippen LogP contribution in [-0.4, -0.2) is 59.0 Å². The zero-order chi connectivity index (χ0) is 40.4. The van der Waals surface area contributed by atoms with Gasteiger partial charge in [-0.2, -0.15) is 16.8 Å². The second kappa shape index (κ2) is 12.0. The van der Waals surface area contributed by atoms with Crippen LogP contribution in [0.1, 0.15) is 11.1 Å². The number of sulfonamides is 2. The number of phenolic OH excluding ortho intramolecular Hbond substituents is 2. The van der Waals surface area contributed by atoms with E-state index in [-0.39, 0.29) is 55.4 Å². The molecule has 6 aromatic rings. The molecule has 0 saturated carbocycles. The Morgan fingerprint density at radius 2 is 0.946 bits per heavy atom. The molecule has 0 atom stereocenters. The van der Waals surface area contributed by atoms with Gasteiger partial charge in [0.05, 0.1) is 22.7 Å². The summed E-state index contributed by atoms with van der Waals surface area (Å²) >= 11 is 0. The summed E-state index contributed by atoms with van der Waals surface area (Å²) in [5.74, 6) is -2.19. The first-order chi connectivity index (χ1) is 26.2. The molecule has 4 bridgehead atoms. The average Bonchev–Trinajstić information content (AvgIpc) is 3.35. The van der Waals surface area contributed by atoms with Crippen LogP contribution in [0.15, 0.2) is 105 Å². The Bertz CT molecular complexity index is 3050. The lowest BCUT2D eigenvalue weighted by Crippen LogP contribution is -2.22. The third-order valence-corrected chi connectivity index (χ3v) is 15.0. The van der Waals surface area contributed by atoms with Crippen molar-refractivity contribution in [1.82, 2.24) is 0 Å². The lowest BCUT2D eigenvalue weighted by Gasteiger charge is -2.22. The Morgan fingerprint density at radius 1 is 0.589 bits per heavy atom. The largest absolute Gasteiger partial charge is 0.504 e. The fraction of sp³-hybridized carbons (Fsp3) is 0.0571. The van der Waals surface area contributed by atoms with Gasteiger partial charge in [0.2, 0.25) is 0 Å². The maximum atomic E-state index is 14.3. The van der Waals surface area contributed by atoms with Gasteiger partial charge in [-0.25, -0.2) is 30.2 Å². The van der Waals surface area contributed by atoms with Crippen LogP contribution in [0.5, 0.6) is 11.5 Å². The summed E-state index contributed by atoms with van der Waals surface area (Å²) < 4.78 is 128. The molecule has 0 unspecified atom stereocenters. The highest BCUT2D eigenvalue weighted by Gasteiger charge is 2.46. The lowest BCUT2D eigenvalue weighted by molar-refractivity contribution is 0.262.